The summed E-state index contributed by atoms with van der Waals surface area (Å²) in [5.41, 5.74) is 1.68. The van der Waals surface area contributed by atoms with Crippen LogP contribution in [-0.4, -0.2) is 16.9 Å². The van der Waals surface area contributed by atoms with E-state index in [0.717, 1.165) is 11.1 Å². The number of carbonyl (C=O) groups is 2. The predicted octanol–water partition coefficient (Wildman–Crippen LogP) is 4.98. The van der Waals surface area contributed by atoms with E-state index in [2.05, 4.69) is 18.1 Å². The summed E-state index contributed by atoms with van der Waals surface area (Å²) in [5, 5.41) is 0. The Bertz CT molecular complexity index is 1010. The summed E-state index contributed by atoms with van der Waals surface area (Å²) in [6.45, 7) is 7.42. The smallest absolute Gasteiger partial charge is 0.362 e. The number of allylic oxidation sites excluding steroid dienone is 2. The quantitative estimate of drug-likeness (QED) is 0.304. The average molecular weight is 399 g/mol. The van der Waals surface area contributed by atoms with Gasteiger partial charge in [-0.05, 0) is 48.2 Å². The summed E-state index contributed by atoms with van der Waals surface area (Å²) in [7, 11) is 0. The van der Waals surface area contributed by atoms with Crippen LogP contribution in [0.25, 0.3) is 0 Å². The summed E-state index contributed by atoms with van der Waals surface area (Å²) in [6.07, 6.45) is 4.58. The zero-order valence-corrected chi connectivity index (χ0v) is 16.4. The van der Waals surface area contributed by atoms with Gasteiger partial charge in [-0.1, -0.05) is 54.6 Å². The van der Waals surface area contributed by atoms with E-state index in [0.29, 0.717) is 24.3 Å². The molecule has 3 rings (SSSR count). The van der Waals surface area contributed by atoms with Crippen molar-refractivity contribution >= 4 is 11.9 Å². The summed E-state index contributed by atoms with van der Waals surface area (Å²) in [5.74, 6) is -0.465. The van der Waals surface area contributed by atoms with Crippen LogP contribution in [0.1, 0.15) is 32.1 Å². The number of hydrogen-bond donors (Lipinski definition) is 0. The molecule has 150 valence electrons. The third-order valence-electron chi connectivity index (χ3n) is 4.25. The topological polar surface area (TPSA) is 65.5 Å². The van der Waals surface area contributed by atoms with Crippen LogP contribution in [0.3, 0.4) is 0 Å². The number of esters is 2. The fourth-order valence-electron chi connectivity index (χ4n) is 2.82. The first kappa shape index (κ1) is 20.7. The van der Waals surface area contributed by atoms with Gasteiger partial charge in [0.25, 0.3) is 0 Å². The first-order valence-electron chi connectivity index (χ1n) is 9.41. The van der Waals surface area contributed by atoms with E-state index < -0.39 is 11.9 Å². The van der Waals surface area contributed by atoms with Crippen molar-refractivity contribution in [3.05, 3.63) is 115 Å². The number of hydrogen-bond acceptors (Lipinski definition) is 5. The van der Waals surface area contributed by atoms with Gasteiger partial charge in [0, 0.05) is 0 Å². The third kappa shape index (κ3) is 5.08. The van der Waals surface area contributed by atoms with Gasteiger partial charge >= 0.3 is 11.9 Å². The second kappa shape index (κ2) is 9.98. The van der Waals surface area contributed by atoms with Crippen LogP contribution in [0.5, 0.6) is 11.5 Å². The van der Waals surface area contributed by atoms with E-state index in [4.69, 9.17) is 9.47 Å². The van der Waals surface area contributed by atoms with Crippen LogP contribution in [0.4, 0.5) is 0 Å². The number of para-hydroxylation sites is 2. The van der Waals surface area contributed by atoms with E-state index in [1.807, 2.05) is 24.3 Å². The predicted molar refractivity (Wildman–Crippen MR) is 115 cm³/mol. The maximum Gasteiger partial charge on any atom is 0.362 e. The summed E-state index contributed by atoms with van der Waals surface area (Å²) < 4.78 is 11.0. The van der Waals surface area contributed by atoms with Crippen LogP contribution in [0, 0.1) is 0 Å². The van der Waals surface area contributed by atoms with Crippen LogP contribution in [0.15, 0.2) is 92.0 Å². The van der Waals surface area contributed by atoms with Crippen molar-refractivity contribution in [3.8, 4) is 11.5 Å². The van der Waals surface area contributed by atoms with Gasteiger partial charge in [-0.25, -0.2) is 14.6 Å². The fraction of sp³-hybridized carbons (Fsp3) is 0.0800. The van der Waals surface area contributed by atoms with Crippen LogP contribution in [0.2, 0.25) is 0 Å². The summed E-state index contributed by atoms with van der Waals surface area (Å²) >= 11 is 0. The Morgan fingerprint density at radius 2 is 1.13 bits per heavy atom. The van der Waals surface area contributed by atoms with Gasteiger partial charge in [0.05, 0.1) is 0 Å². The molecule has 2 aromatic carbocycles. The number of rotatable bonds is 8. The molecule has 5 heteroatoms. The minimum absolute atomic E-state index is 0.0113. The molecule has 0 aliphatic heterocycles. The van der Waals surface area contributed by atoms with E-state index in [1.165, 1.54) is 12.1 Å². The highest BCUT2D eigenvalue weighted by Crippen LogP contribution is 2.21. The molecule has 3 aromatic rings. The molecule has 0 N–H and O–H groups in total. The monoisotopic (exact) mass is 399 g/mol. The van der Waals surface area contributed by atoms with E-state index in [-0.39, 0.29) is 11.4 Å². The van der Waals surface area contributed by atoms with E-state index >= 15 is 0 Å². The van der Waals surface area contributed by atoms with Crippen molar-refractivity contribution < 1.29 is 19.1 Å². The highest BCUT2D eigenvalue weighted by Gasteiger charge is 2.17. The molecule has 1 heterocycles. The Morgan fingerprint density at radius 3 is 1.57 bits per heavy atom. The molecule has 0 aliphatic carbocycles. The van der Waals surface area contributed by atoms with Crippen LogP contribution in [-0.2, 0) is 12.8 Å². The lowest BCUT2D eigenvalue weighted by molar-refractivity contribution is 0.0721. The molecular weight excluding hydrogens is 378 g/mol. The standard InChI is InChI=1S/C25H21NO4/c1-3-10-18-12-5-7-16-22(18)29-24(27)20-14-9-15-21(26-20)25(28)30-23-17-8-6-13-19(23)11-4-2/h3-9,12-17H,1-2,10-11H2. The maximum absolute atomic E-state index is 12.6. The number of carbonyl (C=O) groups excluding carboxylic acids is 2. The Kier molecular flexibility index (Phi) is 6.90. The summed E-state index contributed by atoms with van der Waals surface area (Å²) in [6, 6.07) is 18.9. The van der Waals surface area contributed by atoms with Gasteiger partial charge in [0.15, 0.2) is 0 Å². The molecule has 0 fully saturated rings. The zero-order valence-electron chi connectivity index (χ0n) is 16.4. The highest BCUT2D eigenvalue weighted by atomic mass is 16.5. The van der Waals surface area contributed by atoms with Gasteiger partial charge < -0.3 is 9.47 Å². The maximum atomic E-state index is 12.6. The normalized spacial score (nSPS) is 10.1. The van der Waals surface area contributed by atoms with Crippen LogP contribution >= 0.6 is 0 Å². The van der Waals surface area contributed by atoms with Gasteiger partial charge in [-0.2, -0.15) is 0 Å². The molecule has 0 atom stereocenters. The first-order valence-corrected chi connectivity index (χ1v) is 9.41. The van der Waals surface area contributed by atoms with Gasteiger partial charge in [0.2, 0.25) is 0 Å². The number of ether oxygens (including phenoxy) is 2. The number of aromatic nitrogens is 1. The molecule has 0 saturated heterocycles. The summed E-state index contributed by atoms with van der Waals surface area (Å²) in [4.78, 5) is 29.3. The minimum atomic E-state index is -0.659. The Labute approximate surface area is 175 Å². The molecule has 30 heavy (non-hydrogen) atoms. The van der Waals surface area contributed by atoms with Gasteiger partial charge in [0.1, 0.15) is 22.9 Å². The van der Waals surface area contributed by atoms with Crippen molar-refractivity contribution in [1.29, 1.82) is 0 Å². The van der Waals surface area contributed by atoms with Crippen molar-refractivity contribution in [2.75, 3.05) is 0 Å². The molecule has 0 aliphatic rings. The SMILES string of the molecule is C=CCc1ccccc1OC(=O)c1cccc(C(=O)Oc2ccccc2CC=C)n1. The van der Waals surface area contributed by atoms with Crippen molar-refractivity contribution in [1.82, 2.24) is 4.98 Å². The lowest BCUT2D eigenvalue weighted by Crippen LogP contribution is -2.16. The Hall–Kier alpha value is -3.99. The molecule has 0 spiro atoms. The molecule has 0 saturated carbocycles. The zero-order chi connectivity index (χ0) is 21.3. The minimum Gasteiger partial charge on any atom is -0.422 e. The van der Waals surface area contributed by atoms with Gasteiger partial charge in [-0.15, -0.1) is 13.2 Å². The highest BCUT2D eigenvalue weighted by molar-refractivity contribution is 5.93. The fourth-order valence-corrected chi connectivity index (χ4v) is 2.82. The molecule has 0 bridgehead atoms. The van der Waals surface area contributed by atoms with E-state index in [1.54, 1.807) is 42.5 Å². The Morgan fingerprint density at radius 1 is 0.700 bits per heavy atom. The molecule has 0 amide bonds. The second-order valence-electron chi connectivity index (χ2n) is 6.39. The van der Waals surface area contributed by atoms with Crippen LogP contribution < -0.4 is 9.47 Å². The number of benzene rings is 2. The second-order valence-corrected chi connectivity index (χ2v) is 6.39. The molecule has 1 aromatic heterocycles. The Balaban J connectivity index is 1.77. The first-order chi connectivity index (χ1) is 14.6. The van der Waals surface area contributed by atoms with Crippen molar-refractivity contribution in [3.63, 3.8) is 0 Å². The third-order valence-corrected chi connectivity index (χ3v) is 4.25. The lowest BCUT2D eigenvalue weighted by Gasteiger charge is -2.10. The van der Waals surface area contributed by atoms with Gasteiger partial charge in [-0.3, -0.25) is 0 Å². The molecule has 5 nitrogen and oxygen atoms in total. The van der Waals surface area contributed by atoms with Crippen molar-refractivity contribution in [2.24, 2.45) is 0 Å². The van der Waals surface area contributed by atoms with E-state index in [9.17, 15) is 9.59 Å². The average Bonchev–Trinajstić information content (AvgIpc) is 2.77. The number of pyridine rings is 1. The molecule has 0 radical (unpaired) electrons. The molecule has 0 unspecified atom stereocenters. The lowest BCUT2D eigenvalue weighted by atomic mass is 10.1. The number of nitrogens with zero attached hydrogens (tertiary/aromatic N) is 1. The van der Waals surface area contributed by atoms with Crippen molar-refractivity contribution in [2.45, 2.75) is 12.8 Å². The molecular formula is C25H21NO4. The largest absolute Gasteiger partial charge is 0.422 e.